The van der Waals surface area contributed by atoms with Gasteiger partial charge in [0.25, 0.3) is 11.8 Å². The van der Waals surface area contributed by atoms with Gasteiger partial charge in [-0.1, -0.05) is 5.16 Å². The molecule has 1 saturated heterocycles. The van der Waals surface area contributed by atoms with E-state index >= 15 is 0 Å². The summed E-state index contributed by atoms with van der Waals surface area (Å²) in [5.74, 6) is -2.57. The minimum atomic E-state index is -1.52. The molecule has 1 aliphatic carbocycles. The Balaban J connectivity index is 1.80. The number of rotatable bonds is 7. The number of oxime groups is 1. The van der Waals surface area contributed by atoms with Crippen LogP contribution in [0.15, 0.2) is 10.5 Å². The Kier molecular flexibility index (Phi) is 6.64. The van der Waals surface area contributed by atoms with Crippen molar-refractivity contribution in [2.45, 2.75) is 57.3 Å². The minimum Gasteiger partial charge on any atom is -0.478 e. The van der Waals surface area contributed by atoms with E-state index in [0.717, 1.165) is 11.3 Å². The summed E-state index contributed by atoms with van der Waals surface area (Å²) in [7, 11) is 0. The van der Waals surface area contributed by atoms with Gasteiger partial charge in [-0.2, -0.15) is 0 Å². The van der Waals surface area contributed by atoms with Crippen LogP contribution in [0.3, 0.4) is 0 Å². The van der Waals surface area contributed by atoms with Crippen molar-refractivity contribution in [2.75, 3.05) is 11.9 Å². The molecule has 2 aliphatic rings. The molecular formula is C18H23N5O8S. The number of carboxylic acid groups (broad SMARTS) is 1. The van der Waals surface area contributed by atoms with Crippen LogP contribution < -0.4 is 16.1 Å². The molecule has 1 atom stereocenters. The molecular weight excluding hydrogens is 446 g/mol. The van der Waals surface area contributed by atoms with Crippen LogP contribution in [0.25, 0.3) is 0 Å². The van der Waals surface area contributed by atoms with E-state index in [2.05, 4.69) is 26.3 Å². The molecule has 14 heteroatoms. The summed E-state index contributed by atoms with van der Waals surface area (Å²) in [5.41, 5.74) is -0.475. The van der Waals surface area contributed by atoms with Crippen LogP contribution >= 0.6 is 11.3 Å². The number of thiazole rings is 1. The third-order valence-electron chi connectivity index (χ3n) is 4.48. The zero-order valence-electron chi connectivity index (χ0n) is 17.6. The number of aromatic nitrogens is 1. The Bertz CT molecular complexity index is 949. The predicted octanol–water partition coefficient (Wildman–Crippen LogP) is 0.764. The van der Waals surface area contributed by atoms with Gasteiger partial charge in [-0.05, 0) is 27.2 Å². The highest BCUT2D eigenvalue weighted by atomic mass is 32.1. The highest BCUT2D eigenvalue weighted by molar-refractivity contribution is 7.14. The maximum absolute atomic E-state index is 12.8. The molecule has 3 rings (SSSR count). The molecule has 1 aromatic rings. The van der Waals surface area contributed by atoms with E-state index in [-0.39, 0.29) is 36.0 Å². The van der Waals surface area contributed by atoms with Crippen LogP contribution in [0.5, 0.6) is 0 Å². The van der Waals surface area contributed by atoms with Gasteiger partial charge < -0.3 is 20.0 Å². The lowest BCUT2D eigenvalue weighted by atomic mass is 9.80. The quantitative estimate of drug-likeness (QED) is 0.331. The Morgan fingerprint density at radius 2 is 2.09 bits per heavy atom. The summed E-state index contributed by atoms with van der Waals surface area (Å²) >= 11 is 0.993. The molecule has 1 saturated carbocycles. The number of amides is 3. The molecule has 174 valence electrons. The van der Waals surface area contributed by atoms with E-state index in [1.54, 1.807) is 20.8 Å². The number of carbonyl (C=O) groups is 4. The number of carbonyl (C=O) groups excluding carboxylic acids is 3. The average Bonchev–Trinajstić information content (AvgIpc) is 3.24. The smallest absolute Gasteiger partial charge is 0.413 e. The molecule has 1 aromatic heterocycles. The van der Waals surface area contributed by atoms with E-state index in [1.165, 1.54) is 5.38 Å². The lowest BCUT2D eigenvalue weighted by Crippen LogP contribution is -2.48. The maximum atomic E-state index is 12.8. The van der Waals surface area contributed by atoms with Crippen molar-refractivity contribution in [1.82, 2.24) is 15.8 Å². The number of ether oxygens (including phenoxy) is 1. The van der Waals surface area contributed by atoms with Crippen LogP contribution in [0.2, 0.25) is 0 Å². The standard InChI is InChI=1S/C18H23N5O8S/c1-17(2,3)30-16(28)21-15-20-10(8-32-15)11(13(25)19-9-7-29-23-12(9)24)22-31-18(14(26)27)5-4-6-18/h8-9H,4-7H2,1-3H3,(H,19,25)(H,23,24)(H,26,27)(H,20,21,28)/b22-11-/t9-/m0/s1. The van der Waals surface area contributed by atoms with E-state index < -0.39 is 41.1 Å². The largest absolute Gasteiger partial charge is 0.478 e. The summed E-state index contributed by atoms with van der Waals surface area (Å²) in [6.45, 7) is 5.01. The lowest BCUT2D eigenvalue weighted by Gasteiger charge is -2.34. The van der Waals surface area contributed by atoms with Gasteiger partial charge in [-0.3, -0.25) is 19.7 Å². The topological polar surface area (TPSA) is 178 Å². The summed E-state index contributed by atoms with van der Waals surface area (Å²) in [4.78, 5) is 62.2. The number of carboxylic acids is 1. The molecule has 32 heavy (non-hydrogen) atoms. The van der Waals surface area contributed by atoms with Crippen LogP contribution in [-0.2, 0) is 28.8 Å². The van der Waals surface area contributed by atoms with Crippen molar-refractivity contribution in [3.05, 3.63) is 11.1 Å². The van der Waals surface area contributed by atoms with Gasteiger partial charge in [0.2, 0.25) is 5.60 Å². The van der Waals surface area contributed by atoms with Gasteiger partial charge in [0.1, 0.15) is 23.9 Å². The van der Waals surface area contributed by atoms with Gasteiger partial charge in [0.15, 0.2) is 10.8 Å². The minimum absolute atomic E-state index is 0.0118. The monoisotopic (exact) mass is 469 g/mol. The van der Waals surface area contributed by atoms with Gasteiger partial charge in [-0.25, -0.2) is 20.1 Å². The Morgan fingerprint density at radius 1 is 1.38 bits per heavy atom. The van der Waals surface area contributed by atoms with Gasteiger partial charge in [0, 0.05) is 18.2 Å². The molecule has 0 bridgehead atoms. The number of nitrogens with one attached hydrogen (secondary N) is 3. The van der Waals surface area contributed by atoms with Crippen LogP contribution in [-0.4, -0.2) is 63.5 Å². The van der Waals surface area contributed by atoms with Crippen molar-refractivity contribution in [3.8, 4) is 0 Å². The third kappa shape index (κ3) is 5.50. The van der Waals surface area contributed by atoms with Crippen LogP contribution in [0.4, 0.5) is 9.93 Å². The zero-order chi connectivity index (χ0) is 23.5. The fourth-order valence-electron chi connectivity index (χ4n) is 2.69. The summed E-state index contributed by atoms with van der Waals surface area (Å²) in [6, 6.07) is -0.970. The fraction of sp³-hybridized carbons (Fsp3) is 0.556. The second kappa shape index (κ2) is 9.08. The first-order valence-corrected chi connectivity index (χ1v) is 10.5. The molecule has 0 unspecified atom stereocenters. The molecule has 0 aromatic carbocycles. The van der Waals surface area contributed by atoms with Crippen LogP contribution in [0, 0.1) is 0 Å². The van der Waals surface area contributed by atoms with Gasteiger partial charge >= 0.3 is 12.1 Å². The second-order valence-corrected chi connectivity index (χ2v) is 9.01. The third-order valence-corrected chi connectivity index (χ3v) is 5.23. The molecule has 2 fully saturated rings. The van der Waals surface area contributed by atoms with Crippen LogP contribution in [0.1, 0.15) is 45.7 Å². The van der Waals surface area contributed by atoms with E-state index in [9.17, 15) is 24.3 Å². The molecule has 13 nitrogen and oxygen atoms in total. The normalized spacial score (nSPS) is 20.0. The first-order valence-electron chi connectivity index (χ1n) is 9.67. The fourth-order valence-corrected chi connectivity index (χ4v) is 3.37. The van der Waals surface area contributed by atoms with Crippen molar-refractivity contribution in [1.29, 1.82) is 0 Å². The van der Waals surface area contributed by atoms with E-state index in [1.807, 2.05) is 0 Å². The number of hydrogen-bond acceptors (Lipinski definition) is 10. The predicted molar refractivity (Wildman–Crippen MR) is 110 cm³/mol. The number of anilines is 1. The lowest BCUT2D eigenvalue weighted by molar-refractivity contribution is -0.178. The zero-order valence-corrected chi connectivity index (χ0v) is 18.4. The van der Waals surface area contributed by atoms with Gasteiger partial charge in [-0.15, -0.1) is 11.3 Å². The number of hydroxylamine groups is 1. The molecule has 2 heterocycles. The molecule has 0 spiro atoms. The summed E-state index contributed by atoms with van der Waals surface area (Å²) in [6.07, 6.45) is 0.380. The summed E-state index contributed by atoms with van der Waals surface area (Å²) in [5, 5.41) is 19.6. The SMILES string of the molecule is CC(C)(C)OC(=O)Nc1nc(/C(=N/OC2(C(=O)O)CCC2)C(=O)N[C@H]2CONC2=O)cs1. The Hall–Kier alpha value is -3.26. The van der Waals surface area contributed by atoms with Crippen molar-refractivity contribution >= 4 is 46.1 Å². The first kappa shape index (κ1) is 23.4. The second-order valence-electron chi connectivity index (χ2n) is 8.15. The molecule has 1 aliphatic heterocycles. The molecule has 4 N–H and O–H groups in total. The Labute approximate surface area is 186 Å². The summed E-state index contributed by atoms with van der Waals surface area (Å²) < 4.78 is 5.16. The maximum Gasteiger partial charge on any atom is 0.413 e. The van der Waals surface area contributed by atoms with Crippen molar-refractivity contribution in [3.63, 3.8) is 0 Å². The number of hydrogen-bond donors (Lipinski definition) is 4. The van der Waals surface area contributed by atoms with Crippen molar-refractivity contribution < 1.29 is 38.7 Å². The van der Waals surface area contributed by atoms with Crippen molar-refractivity contribution in [2.24, 2.45) is 5.16 Å². The first-order chi connectivity index (χ1) is 15.0. The molecule has 0 radical (unpaired) electrons. The highest BCUT2D eigenvalue weighted by Gasteiger charge is 2.48. The van der Waals surface area contributed by atoms with E-state index in [4.69, 9.17) is 14.4 Å². The van der Waals surface area contributed by atoms with Gasteiger partial charge in [0.05, 0.1) is 0 Å². The number of aliphatic carboxylic acids is 1. The number of nitrogens with zero attached hydrogens (tertiary/aromatic N) is 2. The average molecular weight is 469 g/mol. The highest BCUT2D eigenvalue weighted by Crippen LogP contribution is 2.36. The van der Waals surface area contributed by atoms with E-state index in [0.29, 0.717) is 6.42 Å². The Morgan fingerprint density at radius 3 is 2.62 bits per heavy atom. The molecule has 3 amide bonds.